The van der Waals surface area contributed by atoms with E-state index < -0.39 is 11.9 Å². The molecule has 0 aliphatic carbocycles. The van der Waals surface area contributed by atoms with Crippen molar-refractivity contribution in [3.8, 4) is 0 Å². The van der Waals surface area contributed by atoms with Gasteiger partial charge in [-0.15, -0.1) is 0 Å². The SMILES string of the molecule is NC(=O)c1ccc(N)cc1.O=C(O)c1cc2ccccc2o1. The van der Waals surface area contributed by atoms with Crippen LogP contribution in [-0.2, 0) is 0 Å². The lowest BCUT2D eigenvalue weighted by molar-refractivity contribution is 0.0664. The van der Waals surface area contributed by atoms with Gasteiger partial charge < -0.3 is 21.0 Å². The fourth-order valence-corrected chi connectivity index (χ4v) is 1.73. The molecule has 0 aliphatic rings. The lowest BCUT2D eigenvalue weighted by atomic mass is 10.2. The van der Waals surface area contributed by atoms with Crippen molar-refractivity contribution < 1.29 is 19.1 Å². The standard InChI is InChI=1S/C9H6O3.C7H8N2O/c10-9(11)8-5-6-3-1-2-4-7(6)12-8;8-6-3-1-5(2-4-6)7(9)10/h1-5H,(H,10,11);1-4H,8H2,(H2,9,10). The average Bonchev–Trinajstić information content (AvgIpc) is 2.92. The van der Waals surface area contributed by atoms with Crippen LogP contribution in [0, 0.1) is 0 Å². The van der Waals surface area contributed by atoms with Crippen molar-refractivity contribution in [1.82, 2.24) is 0 Å². The van der Waals surface area contributed by atoms with E-state index in [2.05, 4.69) is 0 Å². The highest BCUT2D eigenvalue weighted by molar-refractivity contribution is 5.93. The average molecular weight is 298 g/mol. The summed E-state index contributed by atoms with van der Waals surface area (Å²) >= 11 is 0. The lowest BCUT2D eigenvalue weighted by Gasteiger charge is -1.93. The molecule has 5 N–H and O–H groups in total. The second kappa shape index (κ2) is 6.45. The van der Waals surface area contributed by atoms with Crippen LogP contribution in [0.4, 0.5) is 5.69 Å². The van der Waals surface area contributed by atoms with Gasteiger partial charge in [-0.05, 0) is 36.4 Å². The van der Waals surface area contributed by atoms with Gasteiger partial charge in [-0.3, -0.25) is 4.79 Å². The predicted octanol–water partition coefficient (Wildman–Crippen LogP) is 2.50. The van der Waals surface area contributed by atoms with Crippen LogP contribution >= 0.6 is 0 Å². The summed E-state index contributed by atoms with van der Waals surface area (Å²) in [7, 11) is 0. The number of para-hydroxylation sites is 1. The smallest absolute Gasteiger partial charge is 0.371 e. The van der Waals surface area contributed by atoms with Gasteiger partial charge >= 0.3 is 5.97 Å². The number of carboxylic acids is 1. The summed E-state index contributed by atoms with van der Waals surface area (Å²) < 4.78 is 5.03. The molecule has 6 nitrogen and oxygen atoms in total. The molecule has 112 valence electrons. The van der Waals surface area contributed by atoms with Gasteiger partial charge in [0.2, 0.25) is 11.7 Å². The fourth-order valence-electron chi connectivity index (χ4n) is 1.73. The van der Waals surface area contributed by atoms with E-state index in [-0.39, 0.29) is 5.76 Å². The molecular weight excluding hydrogens is 284 g/mol. The number of carbonyl (C=O) groups excluding carboxylic acids is 1. The van der Waals surface area contributed by atoms with Crippen LogP contribution in [-0.4, -0.2) is 17.0 Å². The van der Waals surface area contributed by atoms with Crippen LogP contribution in [0.1, 0.15) is 20.9 Å². The first kappa shape index (κ1) is 15.1. The second-order valence-corrected chi connectivity index (χ2v) is 4.44. The first-order chi connectivity index (χ1) is 10.5. The number of fused-ring (bicyclic) bond motifs is 1. The second-order valence-electron chi connectivity index (χ2n) is 4.44. The number of anilines is 1. The molecule has 22 heavy (non-hydrogen) atoms. The number of carbonyl (C=O) groups is 2. The molecule has 0 bridgehead atoms. The molecule has 1 heterocycles. The number of hydrogen-bond acceptors (Lipinski definition) is 4. The van der Waals surface area contributed by atoms with Crippen LogP contribution in [0.3, 0.4) is 0 Å². The van der Waals surface area contributed by atoms with Crippen LogP contribution in [0.25, 0.3) is 11.0 Å². The molecule has 2 aromatic carbocycles. The molecule has 0 aliphatic heterocycles. The van der Waals surface area contributed by atoms with Crippen LogP contribution < -0.4 is 11.5 Å². The Morgan fingerprint density at radius 1 is 1.00 bits per heavy atom. The number of amides is 1. The third kappa shape index (κ3) is 3.63. The minimum Gasteiger partial charge on any atom is -0.475 e. The fraction of sp³-hybridized carbons (Fsp3) is 0. The van der Waals surface area contributed by atoms with Gasteiger partial charge in [0.1, 0.15) is 5.58 Å². The predicted molar refractivity (Wildman–Crippen MR) is 82.5 cm³/mol. The van der Waals surface area contributed by atoms with Crippen molar-refractivity contribution in [2.24, 2.45) is 5.73 Å². The largest absolute Gasteiger partial charge is 0.475 e. The minimum atomic E-state index is -1.04. The molecular formula is C16H14N2O4. The molecule has 0 spiro atoms. The normalized spacial score (nSPS) is 9.82. The Hall–Kier alpha value is -3.28. The molecule has 1 aromatic heterocycles. The van der Waals surface area contributed by atoms with Crippen molar-refractivity contribution in [3.05, 3.63) is 65.9 Å². The van der Waals surface area contributed by atoms with E-state index >= 15 is 0 Å². The third-order valence-corrected chi connectivity index (χ3v) is 2.83. The van der Waals surface area contributed by atoms with E-state index in [1.165, 1.54) is 6.07 Å². The number of nitrogens with two attached hydrogens (primary N) is 2. The first-order valence-corrected chi connectivity index (χ1v) is 6.34. The van der Waals surface area contributed by atoms with E-state index in [9.17, 15) is 9.59 Å². The Labute approximate surface area is 125 Å². The lowest BCUT2D eigenvalue weighted by Crippen LogP contribution is -2.10. The monoisotopic (exact) mass is 298 g/mol. The van der Waals surface area contributed by atoms with Crippen molar-refractivity contribution >= 4 is 28.5 Å². The van der Waals surface area contributed by atoms with Crippen LogP contribution in [0.2, 0.25) is 0 Å². The van der Waals surface area contributed by atoms with Gasteiger partial charge in [0.25, 0.3) is 0 Å². The zero-order valence-electron chi connectivity index (χ0n) is 11.5. The quantitative estimate of drug-likeness (QED) is 0.628. The maximum Gasteiger partial charge on any atom is 0.371 e. The van der Waals surface area contributed by atoms with E-state index in [1.807, 2.05) is 12.1 Å². The van der Waals surface area contributed by atoms with E-state index in [1.54, 1.807) is 36.4 Å². The topological polar surface area (TPSA) is 120 Å². The number of aromatic carboxylic acids is 1. The van der Waals surface area contributed by atoms with Crippen molar-refractivity contribution in [2.45, 2.75) is 0 Å². The number of nitrogen functional groups attached to an aromatic ring is 1. The Morgan fingerprint density at radius 2 is 1.64 bits per heavy atom. The summed E-state index contributed by atoms with van der Waals surface area (Å²) in [5, 5.41) is 9.41. The van der Waals surface area contributed by atoms with Gasteiger partial charge in [-0.2, -0.15) is 0 Å². The molecule has 0 atom stereocenters. The number of primary amides is 1. The van der Waals surface area contributed by atoms with Gasteiger partial charge in [0, 0.05) is 16.6 Å². The summed E-state index contributed by atoms with van der Waals surface area (Å²) in [4.78, 5) is 21.0. The maximum atomic E-state index is 10.5. The number of benzene rings is 2. The van der Waals surface area contributed by atoms with E-state index in [4.69, 9.17) is 21.0 Å². The van der Waals surface area contributed by atoms with Crippen LogP contribution in [0.15, 0.2) is 59.0 Å². The van der Waals surface area contributed by atoms with Crippen molar-refractivity contribution in [2.75, 3.05) is 5.73 Å². The van der Waals surface area contributed by atoms with Gasteiger partial charge in [0.05, 0.1) is 0 Å². The summed E-state index contributed by atoms with van der Waals surface area (Å²) in [5.41, 5.74) is 12.1. The number of rotatable bonds is 2. The summed E-state index contributed by atoms with van der Waals surface area (Å²) in [6.45, 7) is 0. The van der Waals surface area contributed by atoms with E-state index in [0.29, 0.717) is 16.8 Å². The Kier molecular flexibility index (Phi) is 4.43. The maximum absolute atomic E-state index is 10.5. The Balaban J connectivity index is 0.000000164. The first-order valence-electron chi connectivity index (χ1n) is 6.34. The molecule has 1 amide bonds. The molecule has 6 heteroatoms. The molecule has 3 rings (SSSR count). The van der Waals surface area contributed by atoms with E-state index in [0.717, 1.165) is 5.39 Å². The Bertz CT molecular complexity index is 773. The summed E-state index contributed by atoms with van der Waals surface area (Å²) in [5.74, 6) is -1.48. The third-order valence-electron chi connectivity index (χ3n) is 2.83. The highest BCUT2D eigenvalue weighted by Gasteiger charge is 2.08. The molecule has 3 aromatic rings. The van der Waals surface area contributed by atoms with Crippen molar-refractivity contribution in [3.63, 3.8) is 0 Å². The van der Waals surface area contributed by atoms with Gasteiger partial charge in [0.15, 0.2) is 0 Å². The molecule has 0 saturated carbocycles. The molecule has 0 saturated heterocycles. The van der Waals surface area contributed by atoms with Gasteiger partial charge in [-0.1, -0.05) is 18.2 Å². The molecule has 0 radical (unpaired) electrons. The summed E-state index contributed by atoms with van der Waals surface area (Å²) in [6.07, 6.45) is 0. The molecule has 0 unspecified atom stereocenters. The number of hydrogen-bond donors (Lipinski definition) is 3. The Morgan fingerprint density at radius 3 is 2.18 bits per heavy atom. The number of furan rings is 1. The molecule has 0 fully saturated rings. The zero-order valence-corrected chi connectivity index (χ0v) is 11.5. The number of carboxylic acid groups (broad SMARTS) is 1. The highest BCUT2D eigenvalue weighted by Crippen LogP contribution is 2.18. The minimum absolute atomic E-state index is 0.0174. The van der Waals surface area contributed by atoms with Crippen LogP contribution in [0.5, 0.6) is 0 Å². The highest BCUT2D eigenvalue weighted by atomic mass is 16.4. The van der Waals surface area contributed by atoms with Crippen molar-refractivity contribution in [1.29, 1.82) is 0 Å². The summed E-state index contributed by atoms with van der Waals surface area (Å²) in [6, 6.07) is 15.2. The zero-order chi connectivity index (χ0) is 16.1. The van der Waals surface area contributed by atoms with Gasteiger partial charge in [-0.25, -0.2) is 4.79 Å².